The normalized spacial score (nSPS) is 21.7. The molecule has 1 aromatic rings. The topological polar surface area (TPSA) is 89.3 Å². The summed E-state index contributed by atoms with van der Waals surface area (Å²) in [4.78, 5) is 28.2. The highest BCUT2D eigenvalue weighted by molar-refractivity contribution is 5.77. The molecule has 2 aliphatic carbocycles. The number of benzene rings is 1. The van der Waals surface area contributed by atoms with E-state index in [0.717, 1.165) is 44.6 Å². The van der Waals surface area contributed by atoms with E-state index in [1.807, 2.05) is 13.6 Å². The van der Waals surface area contributed by atoms with Gasteiger partial charge in [-0.05, 0) is 67.7 Å². The molecule has 1 aromatic carbocycles. The molecular formula is C23H32F4N2O3. The molecule has 180 valence electrons. The van der Waals surface area contributed by atoms with Gasteiger partial charge in [-0.15, -0.1) is 0 Å². The first-order valence-electron chi connectivity index (χ1n) is 10.6. The largest absolute Gasteiger partial charge is 0.416 e. The monoisotopic (exact) mass is 460 g/mol. The molecule has 0 heterocycles. The van der Waals surface area contributed by atoms with Gasteiger partial charge in [0.2, 0.25) is 5.91 Å². The van der Waals surface area contributed by atoms with Crippen molar-refractivity contribution in [3.8, 4) is 0 Å². The summed E-state index contributed by atoms with van der Waals surface area (Å²) >= 11 is 0. The minimum atomic E-state index is -4.54. The molecule has 0 spiro atoms. The van der Waals surface area contributed by atoms with E-state index in [-0.39, 0.29) is 17.4 Å². The van der Waals surface area contributed by atoms with Gasteiger partial charge in [0, 0.05) is 18.5 Å². The maximum Gasteiger partial charge on any atom is 0.416 e. The molecule has 3 rings (SSSR count). The lowest BCUT2D eigenvalue weighted by molar-refractivity contribution is -0.137. The quantitative estimate of drug-likeness (QED) is 0.623. The maximum atomic E-state index is 13.5. The number of alkyl halides is 3. The Hall–Kier alpha value is -2.29. The Morgan fingerprint density at radius 1 is 1.03 bits per heavy atom. The summed E-state index contributed by atoms with van der Waals surface area (Å²) in [5, 5.41) is 2.95. The highest BCUT2D eigenvalue weighted by atomic mass is 19.4. The third-order valence-electron chi connectivity index (χ3n) is 6.09. The molecule has 0 bridgehead atoms. The molecule has 2 saturated carbocycles. The Kier molecular flexibility index (Phi) is 11.0. The summed E-state index contributed by atoms with van der Waals surface area (Å²) < 4.78 is 51.9. The van der Waals surface area contributed by atoms with Crippen LogP contribution in [-0.2, 0) is 27.0 Å². The van der Waals surface area contributed by atoms with Crippen LogP contribution in [0.3, 0.4) is 0 Å². The summed E-state index contributed by atoms with van der Waals surface area (Å²) in [6.45, 7) is 4.57. The molecule has 2 aliphatic rings. The zero-order chi connectivity index (χ0) is 24.4. The Bertz CT molecular complexity index is 728. The van der Waals surface area contributed by atoms with Crippen molar-refractivity contribution in [1.29, 1.82) is 0 Å². The van der Waals surface area contributed by atoms with Gasteiger partial charge in [0.25, 0.3) is 0 Å². The first kappa shape index (κ1) is 27.7. The molecular weight excluding hydrogens is 428 g/mol. The highest BCUT2D eigenvalue weighted by Gasteiger charge is 2.34. The second-order valence-electron chi connectivity index (χ2n) is 8.66. The van der Waals surface area contributed by atoms with E-state index in [1.165, 1.54) is 12.5 Å². The predicted molar refractivity (Wildman–Crippen MR) is 113 cm³/mol. The van der Waals surface area contributed by atoms with Gasteiger partial charge in [-0.2, -0.15) is 13.2 Å². The summed E-state index contributed by atoms with van der Waals surface area (Å²) in [5.41, 5.74) is 5.36. The van der Waals surface area contributed by atoms with Gasteiger partial charge < -0.3 is 20.6 Å². The van der Waals surface area contributed by atoms with E-state index >= 15 is 0 Å². The second-order valence-corrected chi connectivity index (χ2v) is 8.66. The van der Waals surface area contributed by atoms with Gasteiger partial charge in [0.1, 0.15) is 19.4 Å². The van der Waals surface area contributed by atoms with E-state index in [4.69, 9.17) is 15.3 Å². The van der Waals surface area contributed by atoms with Crippen LogP contribution in [0.4, 0.5) is 17.6 Å². The number of amides is 1. The Morgan fingerprint density at radius 3 is 2.19 bits per heavy atom. The Morgan fingerprint density at radius 2 is 1.62 bits per heavy atom. The van der Waals surface area contributed by atoms with Crippen molar-refractivity contribution in [3.63, 3.8) is 0 Å². The van der Waals surface area contributed by atoms with E-state index in [1.54, 1.807) is 0 Å². The molecule has 9 heteroatoms. The smallest absolute Gasteiger partial charge is 0.356 e. The molecule has 3 N–H and O–H groups in total. The van der Waals surface area contributed by atoms with Gasteiger partial charge in [-0.25, -0.2) is 4.39 Å². The lowest BCUT2D eigenvalue weighted by atomic mass is 9.72. The first-order valence-corrected chi connectivity index (χ1v) is 10.6. The highest BCUT2D eigenvalue weighted by Crippen LogP contribution is 2.37. The van der Waals surface area contributed by atoms with Crippen molar-refractivity contribution < 1.29 is 31.9 Å². The average molecular weight is 461 g/mol. The number of rotatable bonds is 6. The summed E-state index contributed by atoms with van der Waals surface area (Å²) in [6.07, 6.45) is 3.00. The molecule has 0 aromatic heterocycles. The molecule has 2 fully saturated rings. The fourth-order valence-corrected chi connectivity index (χ4v) is 4.55. The van der Waals surface area contributed by atoms with Gasteiger partial charge in [-0.1, -0.05) is 19.3 Å². The standard InChI is InChI=1S/C21H28F4N2O.2CH2O/c22-18-10-15(9-17(11-18)21(23,24)25)6-14-7-16(8-14)13-27-19(28)12-20(26)4-2-1-3-5-20;2*1-2/h9-11,14,16H,1-8,12-13,26H2,(H,27,28);2*1H2. The fourth-order valence-electron chi connectivity index (χ4n) is 4.55. The van der Waals surface area contributed by atoms with Crippen molar-refractivity contribution >= 4 is 19.5 Å². The van der Waals surface area contributed by atoms with Crippen LogP contribution in [0.5, 0.6) is 0 Å². The lowest BCUT2D eigenvalue weighted by Gasteiger charge is -2.36. The van der Waals surface area contributed by atoms with Crippen LogP contribution in [0.25, 0.3) is 0 Å². The molecule has 0 radical (unpaired) electrons. The molecule has 0 saturated heterocycles. The fraction of sp³-hybridized carbons (Fsp3) is 0.609. The third-order valence-corrected chi connectivity index (χ3v) is 6.09. The summed E-state index contributed by atoms with van der Waals surface area (Å²) in [6, 6.07) is 2.73. The van der Waals surface area contributed by atoms with Crippen LogP contribution in [0.1, 0.15) is 62.5 Å². The predicted octanol–water partition coefficient (Wildman–Crippen LogP) is 4.21. The number of nitrogens with one attached hydrogen (secondary N) is 1. The van der Waals surface area contributed by atoms with Gasteiger partial charge in [0.05, 0.1) is 5.56 Å². The van der Waals surface area contributed by atoms with Crippen molar-refractivity contribution in [2.75, 3.05) is 6.54 Å². The average Bonchev–Trinajstić information content (AvgIpc) is 2.71. The number of halogens is 4. The summed E-state index contributed by atoms with van der Waals surface area (Å²) in [7, 11) is 0. The van der Waals surface area contributed by atoms with Crippen molar-refractivity contribution in [2.24, 2.45) is 17.6 Å². The number of carbonyl (C=O) groups excluding carboxylic acids is 3. The number of hydrogen-bond acceptors (Lipinski definition) is 4. The van der Waals surface area contributed by atoms with Crippen LogP contribution >= 0.6 is 0 Å². The zero-order valence-corrected chi connectivity index (χ0v) is 18.2. The van der Waals surface area contributed by atoms with Crippen LogP contribution < -0.4 is 11.1 Å². The molecule has 0 atom stereocenters. The second kappa shape index (κ2) is 12.7. The minimum absolute atomic E-state index is 0.0206. The van der Waals surface area contributed by atoms with Gasteiger partial charge in [0.15, 0.2) is 0 Å². The van der Waals surface area contributed by atoms with Crippen LogP contribution in [0.15, 0.2) is 18.2 Å². The third kappa shape index (κ3) is 8.68. The van der Waals surface area contributed by atoms with E-state index in [2.05, 4.69) is 5.32 Å². The van der Waals surface area contributed by atoms with E-state index in [0.29, 0.717) is 36.9 Å². The molecule has 0 aliphatic heterocycles. The Labute approximate surface area is 186 Å². The van der Waals surface area contributed by atoms with Gasteiger partial charge in [-0.3, -0.25) is 4.79 Å². The number of hydrogen-bond donors (Lipinski definition) is 2. The maximum absolute atomic E-state index is 13.5. The van der Waals surface area contributed by atoms with Gasteiger partial charge >= 0.3 is 6.18 Å². The van der Waals surface area contributed by atoms with Crippen LogP contribution in [-0.4, -0.2) is 31.6 Å². The van der Waals surface area contributed by atoms with Crippen LogP contribution in [0, 0.1) is 17.7 Å². The minimum Gasteiger partial charge on any atom is -0.356 e. The number of carbonyl (C=O) groups is 3. The van der Waals surface area contributed by atoms with Crippen LogP contribution in [0.2, 0.25) is 0 Å². The zero-order valence-electron chi connectivity index (χ0n) is 18.2. The summed E-state index contributed by atoms with van der Waals surface area (Å²) in [5.74, 6) is -0.326. The first-order chi connectivity index (χ1) is 15.1. The number of nitrogens with two attached hydrogens (primary N) is 1. The van der Waals surface area contributed by atoms with Crippen molar-refractivity contribution in [3.05, 3.63) is 35.1 Å². The molecule has 32 heavy (non-hydrogen) atoms. The molecule has 1 amide bonds. The lowest BCUT2D eigenvalue weighted by Crippen LogP contribution is -2.47. The van der Waals surface area contributed by atoms with E-state index < -0.39 is 17.6 Å². The van der Waals surface area contributed by atoms with Crippen molar-refractivity contribution in [2.45, 2.75) is 69.5 Å². The SMILES string of the molecule is C=O.C=O.NC1(CC(=O)NCC2CC(Cc3cc(F)cc(C(F)(F)F)c3)C2)CCCCC1. The molecule has 0 unspecified atom stereocenters. The molecule has 5 nitrogen and oxygen atoms in total. The Balaban J connectivity index is 0.00000121. The van der Waals surface area contributed by atoms with Crippen molar-refractivity contribution in [1.82, 2.24) is 5.32 Å². The van der Waals surface area contributed by atoms with E-state index in [9.17, 15) is 22.4 Å².